The van der Waals surface area contributed by atoms with Gasteiger partial charge in [-0.1, -0.05) is 12.1 Å². The summed E-state index contributed by atoms with van der Waals surface area (Å²) < 4.78 is 3.57. The fourth-order valence-electron chi connectivity index (χ4n) is 4.49. The fraction of sp³-hybridized carbons (Fsp3) is 0.320. The Hall–Kier alpha value is -3.45. The van der Waals surface area contributed by atoms with Crippen LogP contribution in [0.2, 0.25) is 0 Å². The summed E-state index contributed by atoms with van der Waals surface area (Å²) >= 11 is 0. The lowest BCUT2D eigenvalue weighted by Gasteiger charge is -2.14. The highest BCUT2D eigenvalue weighted by Crippen LogP contribution is 2.15. The van der Waals surface area contributed by atoms with Crippen LogP contribution in [0.4, 0.5) is 0 Å². The van der Waals surface area contributed by atoms with E-state index in [4.69, 9.17) is 0 Å². The third-order valence-corrected chi connectivity index (χ3v) is 6.19. The van der Waals surface area contributed by atoms with Gasteiger partial charge in [-0.15, -0.1) is 0 Å². The lowest BCUT2D eigenvalue weighted by atomic mass is 10.1. The van der Waals surface area contributed by atoms with Gasteiger partial charge >= 0.3 is 0 Å². The number of fused-ring (bicyclic) bond motifs is 3. The minimum atomic E-state index is -0.0824. The summed E-state index contributed by atoms with van der Waals surface area (Å²) in [4.78, 5) is 32.4. The summed E-state index contributed by atoms with van der Waals surface area (Å²) in [6, 6.07) is 15.0. The van der Waals surface area contributed by atoms with E-state index < -0.39 is 0 Å². The summed E-state index contributed by atoms with van der Waals surface area (Å²) in [5.41, 5.74) is 3.64. The van der Waals surface area contributed by atoms with Gasteiger partial charge in [0.25, 0.3) is 11.5 Å². The van der Waals surface area contributed by atoms with Gasteiger partial charge < -0.3 is 14.6 Å². The first kappa shape index (κ1) is 20.5. The first-order valence-electron chi connectivity index (χ1n) is 11.2. The quantitative estimate of drug-likeness (QED) is 0.459. The molecule has 0 saturated carbocycles. The van der Waals surface area contributed by atoms with Gasteiger partial charge in [0.2, 0.25) is 0 Å². The Bertz CT molecular complexity index is 1300. The van der Waals surface area contributed by atoms with E-state index in [0.717, 1.165) is 24.0 Å². The van der Waals surface area contributed by atoms with Crippen molar-refractivity contribution in [1.82, 2.24) is 24.2 Å². The lowest BCUT2D eigenvalue weighted by Crippen LogP contribution is -2.28. The molecule has 4 heterocycles. The summed E-state index contributed by atoms with van der Waals surface area (Å²) in [5.74, 6) is -0.0585. The number of nitrogens with one attached hydrogen (secondary N) is 1. The van der Waals surface area contributed by atoms with Crippen molar-refractivity contribution in [3.05, 3.63) is 82.4 Å². The van der Waals surface area contributed by atoms with Crippen molar-refractivity contribution < 1.29 is 4.79 Å². The first-order chi connectivity index (χ1) is 15.7. The molecule has 1 N–H and O–H groups in total. The fourth-order valence-corrected chi connectivity index (χ4v) is 4.49. The van der Waals surface area contributed by atoms with Gasteiger partial charge in [0.15, 0.2) is 5.65 Å². The molecule has 0 aliphatic carbocycles. The maximum absolute atomic E-state index is 13.1. The lowest BCUT2D eigenvalue weighted by molar-refractivity contribution is 0.0952. The number of hydrogen-bond acceptors (Lipinski definition) is 4. The Kier molecular flexibility index (Phi) is 5.73. The zero-order valence-electron chi connectivity index (χ0n) is 18.0. The molecule has 32 heavy (non-hydrogen) atoms. The van der Waals surface area contributed by atoms with E-state index in [2.05, 4.69) is 15.2 Å². The third-order valence-electron chi connectivity index (χ3n) is 6.19. The second kappa shape index (κ2) is 8.96. The molecule has 0 radical (unpaired) electrons. The van der Waals surface area contributed by atoms with Crippen molar-refractivity contribution in [2.24, 2.45) is 0 Å². The molecule has 0 spiro atoms. The second-order valence-electron chi connectivity index (χ2n) is 8.36. The van der Waals surface area contributed by atoms with Crippen LogP contribution in [0.5, 0.6) is 0 Å². The predicted octanol–water partition coefficient (Wildman–Crippen LogP) is 2.91. The highest BCUT2D eigenvalue weighted by atomic mass is 16.1. The number of likely N-dealkylation sites (tertiary alicyclic amines) is 1. The number of benzene rings is 1. The van der Waals surface area contributed by atoms with Gasteiger partial charge in [-0.3, -0.25) is 14.2 Å². The number of hydrogen-bond donors (Lipinski definition) is 1. The van der Waals surface area contributed by atoms with E-state index >= 15 is 0 Å². The number of carbonyl (C=O) groups is 1. The number of carbonyl (C=O) groups excluding carboxylic acids is 1. The maximum atomic E-state index is 13.1. The second-order valence-corrected chi connectivity index (χ2v) is 8.36. The van der Waals surface area contributed by atoms with Crippen molar-refractivity contribution >= 4 is 22.6 Å². The van der Waals surface area contributed by atoms with Crippen molar-refractivity contribution in [1.29, 1.82) is 0 Å². The van der Waals surface area contributed by atoms with Crippen LogP contribution < -0.4 is 10.9 Å². The van der Waals surface area contributed by atoms with Crippen molar-refractivity contribution in [3.8, 4) is 0 Å². The summed E-state index contributed by atoms with van der Waals surface area (Å²) in [5, 5.41) is 3.01. The topological polar surface area (TPSA) is 71.6 Å². The third kappa shape index (κ3) is 4.03. The monoisotopic (exact) mass is 429 g/mol. The van der Waals surface area contributed by atoms with Gasteiger partial charge in [-0.05, 0) is 80.9 Å². The van der Waals surface area contributed by atoms with Crippen molar-refractivity contribution in [2.45, 2.75) is 25.8 Å². The molecule has 0 unspecified atom stereocenters. The van der Waals surface area contributed by atoms with E-state index in [1.807, 2.05) is 59.1 Å². The van der Waals surface area contributed by atoms with Crippen LogP contribution >= 0.6 is 0 Å². The Balaban J connectivity index is 1.28. The summed E-state index contributed by atoms with van der Waals surface area (Å²) in [6.45, 7) is 4.48. The number of pyridine rings is 1. The van der Waals surface area contributed by atoms with Crippen LogP contribution in [-0.4, -0.2) is 50.9 Å². The molecule has 1 aliphatic rings. The average molecular weight is 430 g/mol. The van der Waals surface area contributed by atoms with Gasteiger partial charge in [-0.25, -0.2) is 4.98 Å². The first-order valence-corrected chi connectivity index (χ1v) is 11.2. The van der Waals surface area contributed by atoms with E-state index in [-0.39, 0.29) is 11.5 Å². The number of amides is 1. The Morgan fingerprint density at radius 1 is 1.00 bits per heavy atom. The van der Waals surface area contributed by atoms with Gasteiger partial charge in [0.1, 0.15) is 5.52 Å². The Morgan fingerprint density at radius 3 is 2.59 bits per heavy atom. The zero-order chi connectivity index (χ0) is 21.9. The summed E-state index contributed by atoms with van der Waals surface area (Å²) in [7, 11) is 0. The van der Waals surface area contributed by atoms with E-state index in [9.17, 15) is 9.59 Å². The zero-order valence-corrected chi connectivity index (χ0v) is 18.0. The van der Waals surface area contributed by atoms with Gasteiger partial charge in [0, 0.05) is 24.5 Å². The van der Waals surface area contributed by atoms with Crippen LogP contribution in [0.3, 0.4) is 0 Å². The maximum Gasteiger partial charge on any atom is 0.276 e. The van der Waals surface area contributed by atoms with Crippen molar-refractivity contribution in [3.63, 3.8) is 0 Å². The molecule has 4 aromatic rings. The molecule has 0 atom stereocenters. The van der Waals surface area contributed by atoms with E-state index in [1.54, 1.807) is 10.8 Å². The molecule has 1 saturated heterocycles. The normalized spacial score (nSPS) is 14.4. The minimum Gasteiger partial charge on any atom is -0.352 e. The molecule has 5 rings (SSSR count). The highest BCUT2D eigenvalue weighted by Gasteiger charge is 2.13. The Labute approximate surface area is 186 Å². The van der Waals surface area contributed by atoms with Gasteiger partial charge in [0.05, 0.1) is 12.1 Å². The standard InChI is InChI=1S/C25H27N5O2/c31-24(27-13-5-16-28-14-1-2-15-28)20-10-8-19(9-11-20)18-30-23-21(6-3-12-26-23)29-17-4-7-22(29)25(30)32/h3-4,6-12,17H,1-2,5,13-16,18H2,(H,27,31). The molecule has 0 bridgehead atoms. The number of rotatable bonds is 7. The van der Waals surface area contributed by atoms with Crippen LogP contribution in [0.1, 0.15) is 35.2 Å². The van der Waals surface area contributed by atoms with Crippen LogP contribution in [0.25, 0.3) is 16.7 Å². The molecule has 164 valence electrons. The highest BCUT2D eigenvalue weighted by molar-refractivity contribution is 5.94. The van der Waals surface area contributed by atoms with Gasteiger partial charge in [-0.2, -0.15) is 0 Å². The Morgan fingerprint density at radius 2 is 1.78 bits per heavy atom. The predicted molar refractivity (Wildman–Crippen MR) is 125 cm³/mol. The molecule has 1 aliphatic heterocycles. The molecule has 1 amide bonds. The van der Waals surface area contributed by atoms with E-state index in [0.29, 0.717) is 29.8 Å². The SMILES string of the molecule is O=C(NCCCN1CCCC1)c1ccc(Cn2c(=O)c3cccn3c3cccnc32)cc1. The van der Waals surface area contributed by atoms with E-state index in [1.165, 1.54) is 25.9 Å². The smallest absolute Gasteiger partial charge is 0.276 e. The summed E-state index contributed by atoms with van der Waals surface area (Å²) in [6.07, 6.45) is 7.12. The van der Waals surface area contributed by atoms with Crippen LogP contribution in [0.15, 0.2) is 65.7 Å². The molecule has 1 fully saturated rings. The molecule has 3 aromatic heterocycles. The largest absolute Gasteiger partial charge is 0.352 e. The molecule has 1 aromatic carbocycles. The van der Waals surface area contributed by atoms with Crippen LogP contribution in [0, 0.1) is 0 Å². The average Bonchev–Trinajstić information content (AvgIpc) is 3.52. The molecular formula is C25H27N5O2. The number of nitrogens with zero attached hydrogens (tertiary/aromatic N) is 4. The van der Waals surface area contributed by atoms with Crippen molar-refractivity contribution in [2.75, 3.05) is 26.2 Å². The number of aromatic nitrogens is 3. The molecular weight excluding hydrogens is 402 g/mol. The minimum absolute atomic E-state index is 0.0585. The van der Waals surface area contributed by atoms with Crippen LogP contribution in [-0.2, 0) is 6.54 Å². The molecule has 7 heteroatoms. The molecule has 7 nitrogen and oxygen atoms in total.